The molecule has 13 heteroatoms. The molecule has 298 valence electrons. The highest BCUT2D eigenvalue weighted by Crippen LogP contribution is 2.38. The van der Waals surface area contributed by atoms with Crippen LogP contribution in [0.4, 0.5) is 10.6 Å². The summed E-state index contributed by atoms with van der Waals surface area (Å²) in [5.41, 5.74) is 9.21. The van der Waals surface area contributed by atoms with Crippen LogP contribution < -0.4 is 10.5 Å². The van der Waals surface area contributed by atoms with Crippen molar-refractivity contribution in [2.24, 2.45) is 11.3 Å². The molecule has 5 aliphatic rings. The number of ether oxygens (including phenoxy) is 1. The van der Waals surface area contributed by atoms with Crippen molar-refractivity contribution in [1.82, 2.24) is 44.2 Å². The number of benzene rings is 2. The van der Waals surface area contributed by atoms with Crippen LogP contribution in [0, 0.1) is 11.3 Å². The molecule has 4 aromatic rings. The fraction of sp³-hybridized carbons (Fsp3) is 0.581. The maximum atomic E-state index is 11.2. The molecule has 0 spiro atoms. The van der Waals surface area contributed by atoms with Crippen molar-refractivity contribution < 1.29 is 14.6 Å². The largest absolute Gasteiger partial charge is 0.465 e. The number of carbonyl (C=O) groups is 1. The molecule has 5 saturated heterocycles. The molecular formula is C43H58N10O3. The van der Waals surface area contributed by atoms with Gasteiger partial charge in [0.15, 0.2) is 5.65 Å². The number of amides is 1. The van der Waals surface area contributed by atoms with Gasteiger partial charge in [-0.15, -0.1) is 0 Å². The van der Waals surface area contributed by atoms with Gasteiger partial charge >= 0.3 is 6.09 Å². The van der Waals surface area contributed by atoms with Gasteiger partial charge in [-0.05, 0) is 107 Å². The minimum atomic E-state index is -0.778. The predicted molar refractivity (Wildman–Crippen MR) is 218 cm³/mol. The maximum Gasteiger partial charge on any atom is 0.407 e. The predicted octanol–water partition coefficient (Wildman–Crippen LogP) is 5.75. The molecule has 13 nitrogen and oxygen atoms in total. The summed E-state index contributed by atoms with van der Waals surface area (Å²) in [5.74, 6) is 2.50. The number of anilines is 1. The number of nitrogens with zero attached hydrogens (tertiary/aromatic N) is 9. The van der Waals surface area contributed by atoms with Gasteiger partial charge in [-0.3, -0.25) is 9.80 Å². The zero-order valence-electron chi connectivity index (χ0n) is 33.0. The van der Waals surface area contributed by atoms with E-state index < -0.39 is 6.09 Å². The Kier molecular flexibility index (Phi) is 10.4. The number of rotatable bonds is 10. The van der Waals surface area contributed by atoms with Crippen molar-refractivity contribution in [3.8, 4) is 22.8 Å². The SMILES string of the molecule is CC(C)(CN1CCC(N2CCC(N3CC(N4CCC(n5nc(-c6ccc(Oc7ccccc7)cc6)c6c(N)ncnc65)CC4)C3)CC2)CC1)C1CN(C(=O)O)C1. The second-order valence-corrected chi connectivity index (χ2v) is 17.7. The van der Waals surface area contributed by atoms with Crippen LogP contribution in [0.1, 0.15) is 58.4 Å². The molecule has 0 aliphatic carbocycles. The van der Waals surface area contributed by atoms with E-state index in [9.17, 15) is 9.90 Å². The maximum absolute atomic E-state index is 11.2. The van der Waals surface area contributed by atoms with Crippen LogP contribution in [0.5, 0.6) is 11.5 Å². The second kappa shape index (κ2) is 15.6. The second-order valence-electron chi connectivity index (χ2n) is 17.7. The van der Waals surface area contributed by atoms with E-state index in [1.165, 1.54) is 51.9 Å². The number of fused-ring (bicyclic) bond motifs is 1. The molecule has 0 atom stereocenters. The van der Waals surface area contributed by atoms with Crippen LogP contribution in [0.2, 0.25) is 0 Å². The van der Waals surface area contributed by atoms with E-state index in [1.807, 2.05) is 54.6 Å². The van der Waals surface area contributed by atoms with Crippen molar-refractivity contribution in [2.45, 2.75) is 76.5 Å². The van der Waals surface area contributed by atoms with Gasteiger partial charge in [-0.25, -0.2) is 19.4 Å². The van der Waals surface area contributed by atoms with Crippen molar-refractivity contribution in [3.63, 3.8) is 0 Å². The summed E-state index contributed by atoms with van der Waals surface area (Å²) in [5, 5.41) is 15.2. The van der Waals surface area contributed by atoms with Crippen LogP contribution in [0.3, 0.4) is 0 Å². The number of aromatic nitrogens is 4. The van der Waals surface area contributed by atoms with Gasteiger partial charge in [-0.2, -0.15) is 5.10 Å². The summed E-state index contributed by atoms with van der Waals surface area (Å²) in [6.45, 7) is 16.4. The van der Waals surface area contributed by atoms with Gasteiger partial charge in [0.2, 0.25) is 0 Å². The van der Waals surface area contributed by atoms with Gasteiger partial charge < -0.3 is 30.3 Å². The molecule has 5 fully saturated rings. The Hall–Kier alpha value is -4.30. The Morgan fingerprint density at radius 1 is 0.750 bits per heavy atom. The van der Waals surface area contributed by atoms with Crippen molar-refractivity contribution in [3.05, 3.63) is 60.9 Å². The number of hydrogen-bond acceptors (Lipinski definition) is 10. The molecule has 7 heterocycles. The number of likely N-dealkylation sites (tertiary alicyclic amines) is 5. The standard InChI is InChI=1S/C43H58N10O3/c1-43(2,31-24-52(25-31)42(54)55)28-48-18-12-32(13-19-48)49-20-14-33(15-21-49)51-26-35(27-51)50-22-16-34(17-23-50)53-41-38(40(44)45-29-46-41)39(47-53)30-8-10-37(11-9-30)56-36-6-4-3-5-7-36/h3-11,29,31-35H,12-28H2,1-2H3,(H,54,55)(H2,44,45,46). The molecule has 0 radical (unpaired) electrons. The molecule has 3 N–H and O–H groups in total. The van der Waals surface area contributed by atoms with Crippen molar-refractivity contribution in [2.75, 3.05) is 77.7 Å². The monoisotopic (exact) mass is 762 g/mol. The van der Waals surface area contributed by atoms with Gasteiger partial charge in [-0.1, -0.05) is 32.0 Å². The Labute approximate surface area is 330 Å². The van der Waals surface area contributed by atoms with E-state index in [1.54, 1.807) is 11.2 Å². The Morgan fingerprint density at radius 3 is 2.00 bits per heavy atom. The molecule has 2 aromatic carbocycles. The molecule has 5 aliphatic heterocycles. The highest BCUT2D eigenvalue weighted by Gasteiger charge is 2.43. The number of hydrogen-bond donors (Lipinski definition) is 2. The first-order chi connectivity index (χ1) is 27.2. The van der Waals surface area contributed by atoms with Crippen LogP contribution in [0.25, 0.3) is 22.3 Å². The molecule has 1 amide bonds. The number of nitrogens with two attached hydrogens (primary N) is 1. The first-order valence-corrected chi connectivity index (χ1v) is 20.9. The number of carboxylic acid groups (broad SMARTS) is 1. The van der Waals surface area contributed by atoms with Gasteiger partial charge in [0.25, 0.3) is 0 Å². The van der Waals surface area contributed by atoms with Gasteiger partial charge in [0, 0.05) is 75.4 Å². The minimum absolute atomic E-state index is 0.152. The number of para-hydroxylation sites is 1. The van der Waals surface area contributed by atoms with E-state index in [0.29, 0.717) is 43.0 Å². The topological polar surface area (TPSA) is 132 Å². The van der Waals surface area contributed by atoms with E-state index >= 15 is 0 Å². The van der Waals surface area contributed by atoms with Crippen LogP contribution >= 0.6 is 0 Å². The van der Waals surface area contributed by atoms with Crippen LogP contribution in [-0.2, 0) is 0 Å². The third-order valence-electron chi connectivity index (χ3n) is 13.9. The third-order valence-corrected chi connectivity index (χ3v) is 13.9. The lowest BCUT2D eigenvalue weighted by Crippen LogP contribution is -2.64. The first-order valence-electron chi connectivity index (χ1n) is 20.9. The van der Waals surface area contributed by atoms with E-state index in [-0.39, 0.29) is 11.5 Å². The lowest BCUT2D eigenvalue weighted by molar-refractivity contribution is -0.0336. The zero-order valence-corrected chi connectivity index (χ0v) is 33.0. The summed E-state index contributed by atoms with van der Waals surface area (Å²) in [6, 6.07) is 20.2. The average molecular weight is 763 g/mol. The van der Waals surface area contributed by atoms with E-state index in [2.05, 4.69) is 43.1 Å². The first kappa shape index (κ1) is 37.3. The fourth-order valence-corrected chi connectivity index (χ4v) is 10.2. The van der Waals surface area contributed by atoms with E-state index in [4.69, 9.17) is 20.6 Å². The highest BCUT2D eigenvalue weighted by molar-refractivity contribution is 5.98. The van der Waals surface area contributed by atoms with Crippen molar-refractivity contribution >= 4 is 22.9 Å². The molecule has 9 rings (SSSR count). The third kappa shape index (κ3) is 7.58. The molecular weight excluding hydrogens is 705 g/mol. The summed E-state index contributed by atoms with van der Waals surface area (Å²) in [4.78, 5) is 32.7. The normalized spacial score (nSPS) is 22.4. The van der Waals surface area contributed by atoms with Crippen LogP contribution in [0.15, 0.2) is 60.9 Å². The van der Waals surface area contributed by atoms with E-state index in [0.717, 1.165) is 79.4 Å². The Balaban J connectivity index is 0.728. The minimum Gasteiger partial charge on any atom is -0.465 e. The van der Waals surface area contributed by atoms with Crippen molar-refractivity contribution in [1.29, 1.82) is 0 Å². The smallest absolute Gasteiger partial charge is 0.407 e. The molecule has 2 aromatic heterocycles. The van der Waals surface area contributed by atoms with Gasteiger partial charge in [0.1, 0.15) is 29.3 Å². The van der Waals surface area contributed by atoms with Crippen LogP contribution in [-0.4, -0.2) is 146 Å². The summed E-state index contributed by atoms with van der Waals surface area (Å²) < 4.78 is 8.14. The summed E-state index contributed by atoms with van der Waals surface area (Å²) in [7, 11) is 0. The number of nitrogen functional groups attached to an aromatic ring is 1. The molecule has 56 heavy (non-hydrogen) atoms. The summed E-state index contributed by atoms with van der Waals surface area (Å²) >= 11 is 0. The molecule has 0 bridgehead atoms. The number of piperidine rings is 3. The highest BCUT2D eigenvalue weighted by atomic mass is 16.5. The molecule has 0 unspecified atom stereocenters. The lowest BCUT2D eigenvalue weighted by Gasteiger charge is -2.52. The Morgan fingerprint density at radius 2 is 1.34 bits per heavy atom. The quantitative estimate of drug-likeness (QED) is 0.205. The Bertz CT molecular complexity index is 1950. The van der Waals surface area contributed by atoms with Gasteiger partial charge in [0.05, 0.1) is 11.4 Å². The summed E-state index contributed by atoms with van der Waals surface area (Å²) in [6.07, 6.45) is 7.93. The lowest BCUT2D eigenvalue weighted by atomic mass is 9.74. The fourth-order valence-electron chi connectivity index (χ4n) is 10.2. The molecule has 0 saturated carbocycles. The average Bonchev–Trinajstić information content (AvgIpc) is 3.56. The zero-order chi connectivity index (χ0) is 38.4.